The molecule has 0 fully saturated rings. The van der Waals surface area contributed by atoms with Crippen molar-refractivity contribution < 1.29 is 9.21 Å². The van der Waals surface area contributed by atoms with Gasteiger partial charge in [-0.3, -0.25) is 4.79 Å². The van der Waals surface area contributed by atoms with Crippen LogP contribution in [0.5, 0.6) is 0 Å². The first-order valence-electron chi connectivity index (χ1n) is 7.65. The van der Waals surface area contributed by atoms with Gasteiger partial charge in [-0.25, -0.2) is 0 Å². The van der Waals surface area contributed by atoms with Gasteiger partial charge in [-0.05, 0) is 36.8 Å². The monoisotopic (exact) mass is 376 g/mol. The van der Waals surface area contributed by atoms with Crippen molar-refractivity contribution in [2.24, 2.45) is 7.05 Å². The maximum absolute atomic E-state index is 12.2. The van der Waals surface area contributed by atoms with Gasteiger partial charge in [0.05, 0.1) is 18.1 Å². The lowest BCUT2D eigenvalue weighted by Gasteiger charge is -2.14. The van der Waals surface area contributed by atoms with Crippen LogP contribution in [0.25, 0.3) is 11.6 Å². The Morgan fingerprint density at radius 2 is 2.08 bits per heavy atom. The molecule has 0 radical (unpaired) electrons. The number of carbonyl (C=O) groups excluding carboxylic acids is 1. The lowest BCUT2D eigenvalue weighted by molar-refractivity contribution is -0.119. The van der Waals surface area contributed by atoms with Gasteiger partial charge >= 0.3 is 0 Å². The zero-order valence-corrected chi connectivity index (χ0v) is 15.3. The molecule has 8 heteroatoms. The molecule has 6 nitrogen and oxygen atoms in total. The van der Waals surface area contributed by atoms with Crippen LogP contribution in [0.4, 0.5) is 0 Å². The van der Waals surface area contributed by atoms with Crippen molar-refractivity contribution in [3.63, 3.8) is 0 Å². The summed E-state index contributed by atoms with van der Waals surface area (Å²) in [5.41, 5.74) is 1.00. The highest BCUT2D eigenvalue weighted by molar-refractivity contribution is 7.99. The molecule has 1 aromatic carbocycles. The lowest BCUT2D eigenvalue weighted by Crippen LogP contribution is -2.28. The second-order valence-corrected chi connectivity index (χ2v) is 6.85. The number of halogens is 1. The summed E-state index contributed by atoms with van der Waals surface area (Å²) in [6.07, 6.45) is 1.59. The van der Waals surface area contributed by atoms with E-state index in [0.29, 0.717) is 21.8 Å². The van der Waals surface area contributed by atoms with Gasteiger partial charge in [-0.2, -0.15) is 0 Å². The van der Waals surface area contributed by atoms with E-state index in [4.69, 9.17) is 16.0 Å². The average molecular weight is 377 g/mol. The van der Waals surface area contributed by atoms with E-state index < -0.39 is 0 Å². The smallest absolute Gasteiger partial charge is 0.230 e. The normalized spacial score (nSPS) is 12.1. The van der Waals surface area contributed by atoms with Gasteiger partial charge in [0.15, 0.2) is 16.7 Å². The predicted octanol–water partition coefficient (Wildman–Crippen LogP) is 3.70. The quantitative estimate of drug-likeness (QED) is 0.664. The summed E-state index contributed by atoms with van der Waals surface area (Å²) in [5.74, 6) is 1.45. The Hall–Kier alpha value is -2.25. The summed E-state index contributed by atoms with van der Waals surface area (Å²) in [5, 5.41) is 12.5. The largest absolute Gasteiger partial charge is 0.461 e. The Morgan fingerprint density at radius 1 is 1.32 bits per heavy atom. The zero-order valence-electron chi connectivity index (χ0n) is 13.8. The van der Waals surface area contributed by atoms with Crippen LogP contribution in [-0.4, -0.2) is 26.4 Å². The van der Waals surface area contributed by atoms with Crippen LogP contribution in [0.3, 0.4) is 0 Å². The second-order valence-electron chi connectivity index (χ2n) is 5.47. The van der Waals surface area contributed by atoms with Crippen LogP contribution in [0.2, 0.25) is 5.02 Å². The fourth-order valence-electron chi connectivity index (χ4n) is 2.31. The highest BCUT2D eigenvalue weighted by atomic mass is 35.5. The van der Waals surface area contributed by atoms with E-state index in [-0.39, 0.29) is 17.7 Å². The Kier molecular flexibility index (Phi) is 5.45. The average Bonchev–Trinajstić information content (AvgIpc) is 3.23. The maximum atomic E-state index is 12.2. The molecule has 0 saturated heterocycles. The molecule has 0 bridgehead atoms. The third-order valence-corrected chi connectivity index (χ3v) is 4.93. The highest BCUT2D eigenvalue weighted by Gasteiger charge is 2.15. The summed E-state index contributed by atoms with van der Waals surface area (Å²) in [4.78, 5) is 12.2. The molecule has 3 rings (SSSR count). The SMILES string of the molecule is CC(NC(=O)CSc1nnc(-c2ccco2)n1C)c1ccc(Cl)cc1. The molecule has 3 aromatic rings. The van der Waals surface area contributed by atoms with Crippen molar-refractivity contribution in [3.8, 4) is 11.6 Å². The van der Waals surface area contributed by atoms with Gasteiger partial charge in [0, 0.05) is 12.1 Å². The van der Waals surface area contributed by atoms with E-state index >= 15 is 0 Å². The van der Waals surface area contributed by atoms with Gasteiger partial charge in [0.1, 0.15) is 0 Å². The first-order valence-corrected chi connectivity index (χ1v) is 9.02. The molecule has 0 aliphatic rings. The third kappa shape index (κ3) is 4.24. The van der Waals surface area contributed by atoms with Gasteiger partial charge in [0.2, 0.25) is 5.91 Å². The van der Waals surface area contributed by atoms with Crippen molar-refractivity contribution in [1.29, 1.82) is 0 Å². The molecule has 0 saturated carbocycles. The van der Waals surface area contributed by atoms with Crippen molar-refractivity contribution in [1.82, 2.24) is 20.1 Å². The molecular weight excluding hydrogens is 360 g/mol. The maximum Gasteiger partial charge on any atom is 0.230 e. The van der Waals surface area contributed by atoms with E-state index in [1.165, 1.54) is 11.8 Å². The number of nitrogens with zero attached hydrogens (tertiary/aromatic N) is 3. The number of nitrogens with one attached hydrogen (secondary N) is 1. The Bertz CT molecular complexity index is 846. The minimum absolute atomic E-state index is 0.0741. The van der Waals surface area contributed by atoms with E-state index in [2.05, 4.69) is 15.5 Å². The van der Waals surface area contributed by atoms with Crippen molar-refractivity contribution in [2.45, 2.75) is 18.1 Å². The molecule has 0 aliphatic heterocycles. The molecule has 1 N–H and O–H groups in total. The molecule has 0 spiro atoms. The summed E-state index contributed by atoms with van der Waals surface area (Å²) in [6.45, 7) is 1.93. The Balaban J connectivity index is 1.56. The Labute approximate surface area is 154 Å². The first kappa shape index (κ1) is 17.6. The van der Waals surface area contributed by atoms with Crippen molar-refractivity contribution in [3.05, 3.63) is 53.2 Å². The van der Waals surface area contributed by atoms with E-state index in [1.807, 2.05) is 44.3 Å². The number of carbonyl (C=O) groups is 1. The number of hydrogen-bond acceptors (Lipinski definition) is 5. The summed E-state index contributed by atoms with van der Waals surface area (Å²) in [7, 11) is 1.84. The zero-order chi connectivity index (χ0) is 17.8. The molecular formula is C17H17ClN4O2S. The number of thioether (sulfide) groups is 1. The molecule has 2 aromatic heterocycles. The minimum Gasteiger partial charge on any atom is -0.461 e. The van der Waals surface area contributed by atoms with Gasteiger partial charge < -0.3 is 14.3 Å². The number of amides is 1. The topological polar surface area (TPSA) is 73.0 Å². The number of rotatable bonds is 6. The number of benzene rings is 1. The molecule has 1 amide bonds. The standard InChI is InChI=1S/C17H17ClN4O2S/c1-11(12-5-7-13(18)8-6-12)19-15(23)10-25-17-21-20-16(22(17)2)14-4-3-9-24-14/h3-9,11H,10H2,1-2H3,(H,19,23). The van der Waals surface area contributed by atoms with Crippen LogP contribution < -0.4 is 5.32 Å². The molecule has 130 valence electrons. The van der Waals surface area contributed by atoms with E-state index in [0.717, 1.165) is 5.56 Å². The van der Waals surface area contributed by atoms with Gasteiger partial charge in [0.25, 0.3) is 0 Å². The van der Waals surface area contributed by atoms with Crippen LogP contribution in [0, 0.1) is 0 Å². The van der Waals surface area contributed by atoms with E-state index in [9.17, 15) is 4.79 Å². The van der Waals surface area contributed by atoms with Crippen LogP contribution in [0.1, 0.15) is 18.5 Å². The van der Waals surface area contributed by atoms with Crippen LogP contribution >= 0.6 is 23.4 Å². The van der Waals surface area contributed by atoms with Crippen molar-refractivity contribution >= 4 is 29.3 Å². The van der Waals surface area contributed by atoms with Gasteiger partial charge in [-0.15, -0.1) is 10.2 Å². The van der Waals surface area contributed by atoms with Crippen LogP contribution in [0.15, 0.2) is 52.2 Å². The molecule has 25 heavy (non-hydrogen) atoms. The lowest BCUT2D eigenvalue weighted by atomic mass is 10.1. The summed E-state index contributed by atoms with van der Waals surface area (Å²) >= 11 is 7.21. The van der Waals surface area contributed by atoms with Crippen LogP contribution in [-0.2, 0) is 11.8 Å². The predicted molar refractivity (Wildman–Crippen MR) is 97.4 cm³/mol. The summed E-state index contributed by atoms with van der Waals surface area (Å²) < 4.78 is 7.13. The fraction of sp³-hybridized carbons (Fsp3) is 0.235. The molecule has 1 atom stereocenters. The third-order valence-electron chi connectivity index (χ3n) is 3.66. The molecule has 2 heterocycles. The highest BCUT2D eigenvalue weighted by Crippen LogP contribution is 2.23. The fourth-order valence-corrected chi connectivity index (χ4v) is 3.16. The number of hydrogen-bond donors (Lipinski definition) is 1. The van der Waals surface area contributed by atoms with E-state index in [1.54, 1.807) is 16.9 Å². The minimum atomic E-state index is -0.0939. The summed E-state index contributed by atoms with van der Waals surface area (Å²) in [6, 6.07) is 10.9. The number of aromatic nitrogens is 3. The number of furan rings is 1. The molecule has 1 unspecified atom stereocenters. The Morgan fingerprint density at radius 3 is 2.76 bits per heavy atom. The first-order chi connectivity index (χ1) is 12.0. The van der Waals surface area contributed by atoms with Crippen molar-refractivity contribution in [2.75, 3.05) is 5.75 Å². The molecule has 0 aliphatic carbocycles. The van der Waals surface area contributed by atoms with Gasteiger partial charge in [-0.1, -0.05) is 35.5 Å². The second kappa shape index (κ2) is 7.76.